The van der Waals surface area contributed by atoms with Crippen molar-refractivity contribution in [3.05, 3.63) is 0 Å². The summed E-state index contributed by atoms with van der Waals surface area (Å²) in [6.07, 6.45) is 5.99. The van der Waals surface area contributed by atoms with Crippen molar-refractivity contribution < 1.29 is 29.3 Å². The van der Waals surface area contributed by atoms with E-state index in [1.165, 1.54) is 12.8 Å². The predicted octanol–water partition coefficient (Wildman–Crippen LogP) is 1.73. The molecule has 0 aromatic heterocycles. The number of carbonyl (C=O) groups excluding carboxylic acids is 1. The monoisotopic (exact) mass is 374 g/mol. The van der Waals surface area contributed by atoms with Gasteiger partial charge in [0.2, 0.25) is 5.91 Å². The van der Waals surface area contributed by atoms with Gasteiger partial charge >= 0.3 is 11.9 Å². The Morgan fingerprint density at radius 3 is 2.19 bits per heavy atom. The molecule has 8 heteroatoms. The summed E-state index contributed by atoms with van der Waals surface area (Å²) < 4.78 is 5.24. The summed E-state index contributed by atoms with van der Waals surface area (Å²) >= 11 is 0. The molecule has 8 nitrogen and oxygen atoms in total. The molecule has 0 aliphatic carbocycles. The lowest BCUT2D eigenvalue weighted by Gasteiger charge is -2.21. The van der Waals surface area contributed by atoms with Crippen molar-refractivity contribution in [1.29, 1.82) is 0 Å². The lowest BCUT2D eigenvalue weighted by Crippen LogP contribution is -2.37. The molecule has 26 heavy (non-hydrogen) atoms. The van der Waals surface area contributed by atoms with Crippen LogP contribution < -0.4 is 5.32 Å². The zero-order valence-corrected chi connectivity index (χ0v) is 15.9. The molecule has 0 saturated carbocycles. The normalized spacial score (nSPS) is 10.8. The van der Waals surface area contributed by atoms with Crippen LogP contribution in [-0.4, -0.2) is 72.4 Å². The summed E-state index contributed by atoms with van der Waals surface area (Å²) in [6, 6.07) is 0. The number of ether oxygens (including phenoxy) is 1. The van der Waals surface area contributed by atoms with Crippen LogP contribution in [0.3, 0.4) is 0 Å². The first-order valence-electron chi connectivity index (χ1n) is 9.46. The minimum Gasteiger partial charge on any atom is -0.481 e. The number of carboxylic acids is 2. The molecule has 0 bridgehead atoms. The predicted molar refractivity (Wildman–Crippen MR) is 98.2 cm³/mol. The lowest BCUT2D eigenvalue weighted by molar-refractivity contribution is -0.139. The van der Waals surface area contributed by atoms with Crippen molar-refractivity contribution in [3.8, 4) is 0 Å². The number of nitrogens with one attached hydrogen (secondary N) is 1. The molecule has 0 aromatic rings. The Labute approximate surface area is 155 Å². The first kappa shape index (κ1) is 24.3. The fourth-order valence-corrected chi connectivity index (χ4v) is 2.38. The Kier molecular flexibility index (Phi) is 15.7. The molecule has 0 aromatic carbocycles. The summed E-state index contributed by atoms with van der Waals surface area (Å²) in [5, 5.41) is 20.2. The van der Waals surface area contributed by atoms with Crippen molar-refractivity contribution >= 4 is 17.8 Å². The SMILES string of the molecule is CCCCCCCC(=O)NCCN(CCOCCC(=O)O)CCC(=O)O. The number of carbonyl (C=O) groups is 3. The third-order valence-corrected chi connectivity index (χ3v) is 3.91. The number of hydrogen-bond acceptors (Lipinski definition) is 5. The fraction of sp³-hybridized carbons (Fsp3) is 0.833. The highest BCUT2D eigenvalue weighted by Gasteiger charge is 2.09. The second-order valence-corrected chi connectivity index (χ2v) is 6.26. The van der Waals surface area contributed by atoms with E-state index in [1.807, 2.05) is 4.90 Å². The van der Waals surface area contributed by atoms with Crippen molar-refractivity contribution in [3.63, 3.8) is 0 Å². The van der Waals surface area contributed by atoms with Crippen LogP contribution in [0.4, 0.5) is 0 Å². The molecule has 1 amide bonds. The number of hydrogen-bond donors (Lipinski definition) is 3. The maximum atomic E-state index is 11.8. The molecule has 0 spiro atoms. The van der Waals surface area contributed by atoms with Crippen LogP contribution in [0.25, 0.3) is 0 Å². The van der Waals surface area contributed by atoms with E-state index >= 15 is 0 Å². The van der Waals surface area contributed by atoms with Crippen LogP contribution in [0.1, 0.15) is 58.3 Å². The summed E-state index contributed by atoms with van der Waals surface area (Å²) in [6.45, 7) is 4.49. The summed E-state index contributed by atoms with van der Waals surface area (Å²) in [7, 11) is 0. The van der Waals surface area contributed by atoms with E-state index < -0.39 is 11.9 Å². The highest BCUT2D eigenvalue weighted by molar-refractivity contribution is 5.75. The summed E-state index contributed by atoms with van der Waals surface area (Å²) in [4.78, 5) is 34.8. The maximum Gasteiger partial charge on any atom is 0.305 e. The van der Waals surface area contributed by atoms with Crippen LogP contribution in [0.2, 0.25) is 0 Å². The van der Waals surface area contributed by atoms with Crippen LogP contribution in [0, 0.1) is 0 Å². The van der Waals surface area contributed by atoms with Gasteiger partial charge in [0.25, 0.3) is 0 Å². The maximum absolute atomic E-state index is 11.8. The molecule has 0 fully saturated rings. The van der Waals surface area contributed by atoms with Gasteiger partial charge in [-0.3, -0.25) is 19.3 Å². The zero-order chi connectivity index (χ0) is 19.6. The molecule has 0 atom stereocenters. The van der Waals surface area contributed by atoms with Crippen molar-refractivity contribution in [1.82, 2.24) is 10.2 Å². The highest BCUT2D eigenvalue weighted by atomic mass is 16.5. The van der Waals surface area contributed by atoms with Gasteiger partial charge in [-0.05, 0) is 6.42 Å². The Morgan fingerprint density at radius 1 is 0.846 bits per heavy atom. The molecular weight excluding hydrogens is 340 g/mol. The summed E-state index contributed by atoms with van der Waals surface area (Å²) in [5.41, 5.74) is 0. The van der Waals surface area contributed by atoms with Gasteiger partial charge in [-0.2, -0.15) is 0 Å². The highest BCUT2D eigenvalue weighted by Crippen LogP contribution is 2.04. The average molecular weight is 374 g/mol. The quantitative estimate of drug-likeness (QED) is 0.313. The Hall–Kier alpha value is -1.67. The van der Waals surface area contributed by atoms with Gasteiger partial charge in [-0.1, -0.05) is 32.6 Å². The molecule has 0 rings (SSSR count). The Balaban J connectivity index is 3.92. The van der Waals surface area contributed by atoms with Gasteiger partial charge in [0.15, 0.2) is 0 Å². The van der Waals surface area contributed by atoms with Gasteiger partial charge in [0.1, 0.15) is 0 Å². The second kappa shape index (κ2) is 16.8. The Bertz CT molecular complexity index is 403. The van der Waals surface area contributed by atoms with E-state index in [0.717, 1.165) is 19.3 Å². The van der Waals surface area contributed by atoms with E-state index in [4.69, 9.17) is 14.9 Å². The molecule has 0 aliphatic heterocycles. The van der Waals surface area contributed by atoms with E-state index in [0.29, 0.717) is 39.2 Å². The number of aliphatic carboxylic acids is 2. The van der Waals surface area contributed by atoms with Crippen LogP contribution >= 0.6 is 0 Å². The fourth-order valence-electron chi connectivity index (χ4n) is 2.38. The average Bonchev–Trinajstić information content (AvgIpc) is 2.58. The lowest BCUT2D eigenvalue weighted by atomic mass is 10.1. The number of amides is 1. The standard InChI is InChI=1S/C18H34N2O6/c1-2-3-4-5-6-7-16(21)19-10-12-20(11-8-17(22)23)13-15-26-14-9-18(24)25/h2-15H2,1H3,(H,19,21)(H,22,23)(H,24,25). The molecule has 0 unspecified atom stereocenters. The van der Waals surface area contributed by atoms with E-state index in [2.05, 4.69) is 12.2 Å². The van der Waals surface area contributed by atoms with Gasteiger partial charge in [0.05, 0.1) is 26.1 Å². The third-order valence-electron chi connectivity index (χ3n) is 3.91. The number of carboxylic acid groups (broad SMARTS) is 2. The summed E-state index contributed by atoms with van der Waals surface area (Å²) in [5.74, 6) is -1.76. The largest absolute Gasteiger partial charge is 0.481 e. The zero-order valence-electron chi connectivity index (χ0n) is 15.9. The van der Waals surface area contributed by atoms with Crippen LogP contribution in [0.15, 0.2) is 0 Å². The van der Waals surface area contributed by atoms with E-state index in [-0.39, 0.29) is 25.4 Å². The first-order valence-corrected chi connectivity index (χ1v) is 9.46. The van der Waals surface area contributed by atoms with Crippen molar-refractivity contribution in [2.75, 3.05) is 39.4 Å². The molecule has 3 N–H and O–H groups in total. The molecule has 0 radical (unpaired) electrons. The van der Waals surface area contributed by atoms with Gasteiger partial charge in [-0.25, -0.2) is 0 Å². The van der Waals surface area contributed by atoms with E-state index in [1.54, 1.807) is 0 Å². The molecule has 0 saturated heterocycles. The molecular formula is C18H34N2O6. The second-order valence-electron chi connectivity index (χ2n) is 6.26. The van der Waals surface area contributed by atoms with Gasteiger partial charge in [-0.15, -0.1) is 0 Å². The smallest absolute Gasteiger partial charge is 0.305 e. The third kappa shape index (κ3) is 17.2. The first-order chi connectivity index (χ1) is 12.5. The van der Waals surface area contributed by atoms with Crippen molar-refractivity contribution in [2.24, 2.45) is 0 Å². The van der Waals surface area contributed by atoms with Gasteiger partial charge < -0.3 is 20.3 Å². The van der Waals surface area contributed by atoms with Gasteiger partial charge in [0, 0.05) is 32.6 Å². The number of rotatable bonds is 18. The van der Waals surface area contributed by atoms with Crippen LogP contribution in [0.5, 0.6) is 0 Å². The molecule has 152 valence electrons. The molecule has 0 aliphatic rings. The Morgan fingerprint density at radius 2 is 1.54 bits per heavy atom. The molecule has 0 heterocycles. The minimum absolute atomic E-state index is 0.0144. The number of nitrogens with zero attached hydrogens (tertiary/aromatic N) is 1. The van der Waals surface area contributed by atoms with Crippen molar-refractivity contribution in [2.45, 2.75) is 58.3 Å². The van der Waals surface area contributed by atoms with Crippen LogP contribution in [-0.2, 0) is 19.1 Å². The topological polar surface area (TPSA) is 116 Å². The van der Waals surface area contributed by atoms with E-state index in [9.17, 15) is 14.4 Å². The number of unbranched alkanes of at least 4 members (excludes halogenated alkanes) is 4. The minimum atomic E-state index is -0.912.